The molecule has 106 valence electrons. The number of hydrogen-bond acceptors (Lipinski definition) is 3. The van der Waals surface area contributed by atoms with Crippen LogP contribution in [0.1, 0.15) is 46.7 Å². The minimum atomic E-state index is 0.0251. The molecule has 0 atom stereocenters. The fourth-order valence-corrected chi connectivity index (χ4v) is 3.46. The molecule has 0 bridgehead atoms. The van der Waals surface area contributed by atoms with Crippen molar-refractivity contribution in [3.63, 3.8) is 0 Å². The van der Waals surface area contributed by atoms with E-state index in [1.165, 1.54) is 37.0 Å². The first-order valence-electron chi connectivity index (χ1n) is 7.21. The van der Waals surface area contributed by atoms with Crippen molar-refractivity contribution in [2.45, 2.75) is 32.1 Å². The predicted octanol–water partition coefficient (Wildman–Crippen LogP) is 2.40. The Labute approximate surface area is 123 Å². The van der Waals surface area contributed by atoms with Crippen molar-refractivity contribution in [2.75, 3.05) is 13.2 Å². The van der Waals surface area contributed by atoms with Crippen LogP contribution in [-0.4, -0.2) is 24.2 Å². The van der Waals surface area contributed by atoms with Gasteiger partial charge in [-0.1, -0.05) is 11.8 Å². The van der Waals surface area contributed by atoms with Crippen LogP contribution in [0.25, 0.3) is 0 Å². The minimum Gasteiger partial charge on any atom is -0.395 e. The second-order valence-corrected chi connectivity index (χ2v) is 6.84. The molecule has 3 rings (SSSR count). The lowest BCUT2D eigenvalue weighted by Crippen LogP contribution is -2.30. The van der Waals surface area contributed by atoms with Crippen molar-refractivity contribution in [3.05, 3.63) is 21.9 Å². The van der Waals surface area contributed by atoms with Crippen LogP contribution >= 0.6 is 11.3 Å². The van der Waals surface area contributed by atoms with E-state index in [4.69, 9.17) is 5.11 Å². The molecule has 4 heteroatoms. The molecule has 2 N–H and O–H groups in total. The van der Waals surface area contributed by atoms with Gasteiger partial charge in [0.2, 0.25) is 0 Å². The van der Waals surface area contributed by atoms with Gasteiger partial charge in [-0.2, -0.15) is 0 Å². The SMILES string of the molecule is O=C(NCC1(C2CC2)CC1)c1ccc(C#CCCO)s1. The van der Waals surface area contributed by atoms with Crippen LogP contribution in [0.15, 0.2) is 12.1 Å². The van der Waals surface area contributed by atoms with Gasteiger partial charge in [0.05, 0.1) is 16.4 Å². The molecular formula is C16H19NO2S. The van der Waals surface area contributed by atoms with Gasteiger partial charge in [-0.3, -0.25) is 4.79 Å². The summed E-state index contributed by atoms with van der Waals surface area (Å²) < 4.78 is 0. The third-order valence-corrected chi connectivity index (χ3v) is 5.21. The molecule has 0 aliphatic heterocycles. The van der Waals surface area contributed by atoms with E-state index in [1.54, 1.807) is 0 Å². The highest BCUT2D eigenvalue weighted by atomic mass is 32.1. The fraction of sp³-hybridized carbons (Fsp3) is 0.562. The molecule has 0 unspecified atom stereocenters. The van der Waals surface area contributed by atoms with Crippen LogP contribution in [0.4, 0.5) is 0 Å². The van der Waals surface area contributed by atoms with Crippen LogP contribution in [0.3, 0.4) is 0 Å². The molecule has 1 heterocycles. The molecule has 3 nitrogen and oxygen atoms in total. The van der Waals surface area contributed by atoms with Crippen LogP contribution < -0.4 is 5.32 Å². The topological polar surface area (TPSA) is 49.3 Å². The zero-order chi connectivity index (χ0) is 14.0. The summed E-state index contributed by atoms with van der Waals surface area (Å²) in [6, 6.07) is 3.71. The maximum atomic E-state index is 12.1. The average Bonchev–Trinajstić information content (AvgIpc) is 3.35. The first-order valence-corrected chi connectivity index (χ1v) is 8.03. The zero-order valence-corrected chi connectivity index (χ0v) is 12.3. The number of hydrogen-bond donors (Lipinski definition) is 2. The highest BCUT2D eigenvalue weighted by Crippen LogP contribution is 2.60. The molecule has 2 fully saturated rings. The smallest absolute Gasteiger partial charge is 0.261 e. The molecule has 0 radical (unpaired) electrons. The average molecular weight is 289 g/mol. The van der Waals surface area contributed by atoms with Gasteiger partial charge >= 0.3 is 0 Å². The zero-order valence-electron chi connectivity index (χ0n) is 11.4. The molecular weight excluding hydrogens is 270 g/mol. The molecule has 2 aliphatic rings. The van der Waals surface area contributed by atoms with Gasteiger partial charge in [0.25, 0.3) is 5.91 Å². The standard InChI is InChI=1S/C16H19NO2S/c18-10-2-1-3-13-6-7-14(20-13)15(19)17-11-16(8-9-16)12-4-5-12/h6-7,12,18H,2,4-5,8-11H2,(H,17,19). The second kappa shape index (κ2) is 5.59. The summed E-state index contributed by atoms with van der Waals surface area (Å²) in [4.78, 5) is 13.7. The lowest BCUT2D eigenvalue weighted by Gasteiger charge is -2.14. The van der Waals surface area contributed by atoms with E-state index < -0.39 is 0 Å². The normalized spacial score (nSPS) is 19.1. The number of aliphatic hydroxyl groups is 1. The summed E-state index contributed by atoms with van der Waals surface area (Å²) in [5.74, 6) is 6.73. The number of aliphatic hydroxyl groups excluding tert-OH is 1. The second-order valence-electron chi connectivity index (χ2n) is 5.76. The summed E-state index contributed by atoms with van der Waals surface area (Å²) in [5, 5.41) is 11.8. The van der Waals surface area contributed by atoms with Gasteiger partial charge in [-0.05, 0) is 49.1 Å². The van der Waals surface area contributed by atoms with Crippen LogP contribution in [0.5, 0.6) is 0 Å². The summed E-state index contributed by atoms with van der Waals surface area (Å²) >= 11 is 1.42. The van der Waals surface area contributed by atoms with Crippen LogP contribution in [0.2, 0.25) is 0 Å². The Kier molecular flexibility index (Phi) is 3.82. The van der Waals surface area contributed by atoms with E-state index in [2.05, 4.69) is 17.2 Å². The highest BCUT2D eigenvalue weighted by Gasteiger charge is 2.53. The van der Waals surface area contributed by atoms with E-state index in [1.807, 2.05) is 12.1 Å². The van der Waals surface area contributed by atoms with Crippen molar-refractivity contribution in [1.29, 1.82) is 0 Å². The quantitative estimate of drug-likeness (QED) is 0.818. The molecule has 1 aromatic heterocycles. The minimum absolute atomic E-state index is 0.0251. The van der Waals surface area contributed by atoms with Gasteiger partial charge < -0.3 is 10.4 Å². The lowest BCUT2D eigenvalue weighted by atomic mass is 10.0. The van der Waals surface area contributed by atoms with E-state index in [0.29, 0.717) is 11.8 Å². The molecule has 2 saturated carbocycles. The number of rotatable bonds is 5. The molecule has 0 spiro atoms. The Morgan fingerprint density at radius 3 is 2.90 bits per heavy atom. The first kappa shape index (κ1) is 13.7. The predicted molar refractivity (Wildman–Crippen MR) is 79.6 cm³/mol. The molecule has 0 saturated heterocycles. The number of thiophene rings is 1. The maximum Gasteiger partial charge on any atom is 0.261 e. The summed E-state index contributed by atoms with van der Waals surface area (Å²) in [6.07, 6.45) is 5.73. The summed E-state index contributed by atoms with van der Waals surface area (Å²) in [6.45, 7) is 0.912. The molecule has 2 aliphatic carbocycles. The molecule has 1 aromatic rings. The summed E-state index contributed by atoms with van der Waals surface area (Å²) in [5.41, 5.74) is 0.441. The molecule has 0 aromatic carbocycles. The van der Waals surface area contributed by atoms with Gasteiger partial charge in [-0.15, -0.1) is 11.3 Å². The molecule has 1 amide bonds. The number of carbonyl (C=O) groups is 1. The van der Waals surface area contributed by atoms with E-state index >= 15 is 0 Å². The van der Waals surface area contributed by atoms with E-state index in [9.17, 15) is 4.79 Å². The third kappa shape index (κ3) is 3.05. The number of carbonyl (C=O) groups excluding carboxylic acids is 1. The number of amides is 1. The maximum absolute atomic E-state index is 12.1. The van der Waals surface area contributed by atoms with E-state index in [0.717, 1.165) is 22.2 Å². The van der Waals surface area contributed by atoms with Crippen molar-refractivity contribution < 1.29 is 9.90 Å². The first-order chi connectivity index (χ1) is 9.73. The monoisotopic (exact) mass is 289 g/mol. The Morgan fingerprint density at radius 2 is 2.25 bits per heavy atom. The van der Waals surface area contributed by atoms with Gasteiger partial charge in [0, 0.05) is 13.0 Å². The van der Waals surface area contributed by atoms with Gasteiger partial charge in [0.15, 0.2) is 0 Å². The molecule has 20 heavy (non-hydrogen) atoms. The lowest BCUT2D eigenvalue weighted by molar-refractivity contribution is 0.0946. The Morgan fingerprint density at radius 1 is 1.45 bits per heavy atom. The van der Waals surface area contributed by atoms with Gasteiger partial charge in [0.1, 0.15) is 0 Å². The van der Waals surface area contributed by atoms with Crippen molar-refractivity contribution >= 4 is 17.2 Å². The highest BCUT2D eigenvalue weighted by molar-refractivity contribution is 7.14. The van der Waals surface area contributed by atoms with Crippen LogP contribution in [0, 0.1) is 23.2 Å². The largest absolute Gasteiger partial charge is 0.395 e. The third-order valence-electron chi connectivity index (χ3n) is 4.21. The Balaban J connectivity index is 1.53. The van der Waals surface area contributed by atoms with Crippen molar-refractivity contribution in [3.8, 4) is 11.8 Å². The fourth-order valence-electron chi connectivity index (χ4n) is 2.66. The number of nitrogens with one attached hydrogen (secondary N) is 1. The Bertz CT molecular complexity index is 559. The van der Waals surface area contributed by atoms with E-state index in [-0.39, 0.29) is 12.5 Å². The van der Waals surface area contributed by atoms with Crippen molar-refractivity contribution in [1.82, 2.24) is 5.32 Å². The van der Waals surface area contributed by atoms with Crippen LogP contribution in [-0.2, 0) is 0 Å². The van der Waals surface area contributed by atoms with Gasteiger partial charge in [-0.25, -0.2) is 0 Å². The Hall–Kier alpha value is -1.31. The summed E-state index contributed by atoms with van der Waals surface area (Å²) in [7, 11) is 0. The van der Waals surface area contributed by atoms with Crippen molar-refractivity contribution in [2.24, 2.45) is 11.3 Å².